The predicted octanol–water partition coefficient (Wildman–Crippen LogP) is 1.22. The molecule has 3 unspecified atom stereocenters. The van der Waals surface area contributed by atoms with Gasteiger partial charge in [-0.25, -0.2) is 0 Å². The number of likely N-dealkylation sites (tertiary alicyclic amines) is 1. The summed E-state index contributed by atoms with van der Waals surface area (Å²) in [5.41, 5.74) is 7.21. The monoisotopic (exact) mass is 273 g/mol. The molecule has 2 fully saturated rings. The molecule has 2 saturated heterocycles. The first-order chi connectivity index (χ1) is 9.70. The van der Waals surface area contributed by atoms with Crippen LogP contribution in [0.15, 0.2) is 24.3 Å². The lowest BCUT2D eigenvalue weighted by molar-refractivity contribution is 0.0997. The van der Waals surface area contributed by atoms with E-state index in [1.54, 1.807) is 0 Å². The number of carbonyl (C=O) groups is 1. The van der Waals surface area contributed by atoms with E-state index in [0.717, 1.165) is 43.6 Å². The Morgan fingerprint density at radius 2 is 2.20 bits per heavy atom. The first-order valence-corrected chi connectivity index (χ1v) is 7.53. The maximum absolute atomic E-state index is 11.5. The Hall–Kier alpha value is -1.39. The quantitative estimate of drug-likeness (QED) is 0.867. The van der Waals surface area contributed by atoms with E-state index in [1.807, 2.05) is 24.3 Å². The fourth-order valence-corrected chi connectivity index (χ4v) is 3.97. The molecule has 4 heteroatoms. The van der Waals surface area contributed by atoms with Crippen LogP contribution in [0.25, 0.3) is 0 Å². The van der Waals surface area contributed by atoms with Crippen LogP contribution >= 0.6 is 0 Å². The largest absolute Gasteiger partial charge is 0.366 e. The van der Waals surface area contributed by atoms with Crippen molar-refractivity contribution in [1.82, 2.24) is 10.2 Å². The van der Waals surface area contributed by atoms with Gasteiger partial charge in [-0.1, -0.05) is 25.1 Å². The fourth-order valence-electron chi connectivity index (χ4n) is 3.97. The Morgan fingerprint density at radius 3 is 2.95 bits per heavy atom. The Labute approximate surface area is 120 Å². The standard InChI is InChI=1S/C16H23N3O/c1-2-15-14-8-18-7-12(14)10-19(15)9-11-5-3-4-6-13(11)16(17)20/h3-6,12,14-15,18H,2,7-10H2,1H3,(H2,17,20). The molecule has 0 spiro atoms. The molecule has 0 bridgehead atoms. The number of nitrogens with two attached hydrogens (primary N) is 1. The van der Waals surface area contributed by atoms with Gasteiger partial charge in [-0.2, -0.15) is 0 Å². The summed E-state index contributed by atoms with van der Waals surface area (Å²) in [5, 5.41) is 3.50. The van der Waals surface area contributed by atoms with Gasteiger partial charge in [0.2, 0.25) is 5.91 Å². The van der Waals surface area contributed by atoms with Gasteiger partial charge in [0, 0.05) is 24.7 Å². The van der Waals surface area contributed by atoms with Crippen LogP contribution in [0.2, 0.25) is 0 Å². The zero-order chi connectivity index (χ0) is 14.1. The van der Waals surface area contributed by atoms with Crippen LogP contribution in [0, 0.1) is 11.8 Å². The van der Waals surface area contributed by atoms with E-state index < -0.39 is 0 Å². The van der Waals surface area contributed by atoms with Crippen LogP contribution in [-0.4, -0.2) is 36.5 Å². The van der Waals surface area contributed by atoms with Crippen LogP contribution < -0.4 is 11.1 Å². The van der Waals surface area contributed by atoms with Crippen molar-refractivity contribution < 1.29 is 4.79 Å². The summed E-state index contributed by atoms with van der Waals surface area (Å²) in [6.07, 6.45) is 1.17. The topological polar surface area (TPSA) is 58.4 Å². The van der Waals surface area contributed by atoms with Crippen molar-refractivity contribution in [2.75, 3.05) is 19.6 Å². The minimum atomic E-state index is -0.324. The molecule has 1 amide bonds. The van der Waals surface area contributed by atoms with E-state index in [4.69, 9.17) is 5.73 Å². The summed E-state index contributed by atoms with van der Waals surface area (Å²) in [4.78, 5) is 14.1. The minimum absolute atomic E-state index is 0.324. The normalized spacial score (nSPS) is 29.6. The number of nitrogens with one attached hydrogen (secondary N) is 1. The fraction of sp³-hybridized carbons (Fsp3) is 0.562. The van der Waals surface area contributed by atoms with Gasteiger partial charge in [-0.05, 0) is 43.0 Å². The highest BCUT2D eigenvalue weighted by molar-refractivity contribution is 5.94. The number of nitrogens with zero attached hydrogens (tertiary/aromatic N) is 1. The highest BCUT2D eigenvalue weighted by Crippen LogP contribution is 2.35. The molecule has 0 radical (unpaired) electrons. The lowest BCUT2D eigenvalue weighted by Gasteiger charge is -2.27. The predicted molar refractivity (Wildman–Crippen MR) is 79.3 cm³/mol. The lowest BCUT2D eigenvalue weighted by atomic mass is 9.93. The SMILES string of the molecule is CCC1C2CNCC2CN1Cc1ccccc1C(N)=O. The summed E-state index contributed by atoms with van der Waals surface area (Å²) in [5.74, 6) is 1.20. The molecule has 2 aliphatic heterocycles. The maximum Gasteiger partial charge on any atom is 0.249 e. The Kier molecular flexibility index (Phi) is 3.76. The zero-order valence-electron chi connectivity index (χ0n) is 12.0. The second-order valence-corrected chi connectivity index (χ2v) is 6.01. The third kappa shape index (κ3) is 2.34. The van der Waals surface area contributed by atoms with Gasteiger partial charge in [0.1, 0.15) is 0 Å². The molecule has 4 nitrogen and oxygen atoms in total. The number of hydrogen-bond acceptors (Lipinski definition) is 3. The third-order valence-electron chi connectivity index (χ3n) is 4.90. The second-order valence-electron chi connectivity index (χ2n) is 6.01. The average molecular weight is 273 g/mol. The van der Waals surface area contributed by atoms with Gasteiger partial charge in [0.05, 0.1) is 0 Å². The van der Waals surface area contributed by atoms with E-state index in [-0.39, 0.29) is 5.91 Å². The van der Waals surface area contributed by atoms with E-state index in [9.17, 15) is 4.79 Å². The molecule has 3 N–H and O–H groups in total. The van der Waals surface area contributed by atoms with Crippen LogP contribution in [0.5, 0.6) is 0 Å². The van der Waals surface area contributed by atoms with Gasteiger partial charge in [-0.3, -0.25) is 9.69 Å². The van der Waals surface area contributed by atoms with Gasteiger partial charge in [0.25, 0.3) is 0 Å². The summed E-state index contributed by atoms with van der Waals surface area (Å²) in [6.45, 7) is 6.50. The molecule has 2 heterocycles. The highest BCUT2D eigenvalue weighted by atomic mass is 16.1. The zero-order valence-corrected chi connectivity index (χ0v) is 12.0. The average Bonchev–Trinajstić information content (AvgIpc) is 2.99. The molecule has 0 aromatic heterocycles. The summed E-state index contributed by atoms with van der Waals surface area (Å²) < 4.78 is 0. The smallest absolute Gasteiger partial charge is 0.249 e. The van der Waals surface area contributed by atoms with Crippen LogP contribution in [0.3, 0.4) is 0 Å². The van der Waals surface area contributed by atoms with Crippen molar-refractivity contribution in [1.29, 1.82) is 0 Å². The third-order valence-corrected chi connectivity index (χ3v) is 4.90. The molecular formula is C16H23N3O. The molecule has 1 aromatic carbocycles. The number of benzene rings is 1. The van der Waals surface area contributed by atoms with E-state index >= 15 is 0 Å². The number of rotatable bonds is 4. The van der Waals surface area contributed by atoms with Crippen molar-refractivity contribution in [3.63, 3.8) is 0 Å². The van der Waals surface area contributed by atoms with Gasteiger partial charge < -0.3 is 11.1 Å². The van der Waals surface area contributed by atoms with Gasteiger partial charge in [0.15, 0.2) is 0 Å². The van der Waals surface area contributed by atoms with Crippen molar-refractivity contribution in [3.05, 3.63) is 35.4 Å². The van der Waals surface area contributed by atoms with Crippen molar-refractivity contribution in [2.45, 2.75) is 25.9 Å². The van der Waals surface area contributed by atoms with Crippen LogP contribution in [-0.2, 0) is 6.54 Å². The molecular weight excluding hydrogens is 250 g/mol. The number of amides is 1. The van der Waals surface area contributed by atoms with E-state index in [2.05, 4.69) is 17.1 Å². The maximum atomic E-state index is 11.5. The molecule has 0 aliphatic carbocycles. The Morgan fingerprint density at radius 1 is 1.40 bits per heavy atom. The summed E-state index contributed by atoms with van der Waals surface area (Å²) in [7, 11) is 0. The van der Waals surface area contributed by atoms with E-state index in [0.29, 0.717) is 11.6 Å². The highest BCUT2D eigenvalue weighted by Gasteiger charge is 2.42. The first-order valence-electron chi connectivity index (χ1n) is 7.53. The summed E-state index contributed by atoms with van der Waals surface area (Å²) in [6, 6.07) is 8.34. The molecule has 2 aliphatic rings. The number of fused-ring (bicyclic) bond motifs is 1. The van der Waals surface area contributed by atoms with Crippen molar-refractivity contribution in [2.24, 2.45) is 17.6 Å². The molecule has 108 valence electrons. The van der Waals surface area contributed by atoms with Crippen LogP contribution in [0.1, 0.15) is 29.3 Å². The van der Waals surface area contributed by atoms with Crippen molar-refractivity contribution in [3.8, 4) is 0 Å². The van der Waals surface area contributed by atoms with Crippen LogP contribution in [0.4, 0.5) is 0 Å². The van der Waals surface area contributed by atoms with Gasteiger partial charge in [-0.15, -0.1) is 0 Å². The second kappa shape index (κ2) is 5.54. The number of carbonyl (C=O) groups excluding carboxylic acids is 1. The molecule has 0 saturated carbocycles. The Bertz CT molecular complexity index is 502. The Balaban J connectivity index is 1.79. The van der Waals surface area contributed by atoms with Crippen molar-refractivity contribution >= 4 is 5.91 Å². The molecule has 1 aromatic rings. The number of hydrogen-bond donors (Lipinski definition) is 2. The van der Waals surface area contributed by atoms with E-state index in [1.165, 1.54) is 6.42 Å². The van der Waals surface area contributed by atoms with Gasteiger partial charge >= 0.3 is 0 Å². The lowest BCUT2D eigenvalue weighted by Crippen LogP contribution is -2.35. The molecule has 20 heavy (non-hydrogen) atoms. The minimum Gasteiger partial charge on any atom is -0.366 e. The first kappa shape index (κ1) is 13.6. The number of primary amides is 1. The summed E-state index contributed by atoms with van der Waals surface area (Å²) >= 11 is 0. The molecule has 3 atom stereocenters. The molecule has 3 rings (SSSR count).